The van der Waals surface area contributed by atoms with Gasteiger partial charge in [0.05, 0.1) is 16.6 Å². The van der Waals surface area contributed by atoms with Gasteiger partial charge in [-0.05, 0) is 41.2 Å². The predicted octanol–water partition coefficient (Wildman–Crippen LogP) is 4.02. The lowest BCUT2D eigenvalue weighted by atomic mass is 10.0. The lowest BCUT2D eigenvalue weighted by Gasteiger charge is -2.14. The Morgan fingerprint density at radius 3 is 2.67 bits per heavy atom. The van der Waals surface area contributed by atoms with Crippen LogP contribution in [0.2, 0.25) is 10.0 Å². The first-order valence-electron chi connectivity index (χ1n) is 5.53. The standard InChI is InChI=1S/C12H13Cl2N3S/c1-6(2)11-12(18-17-16-11)10(15)8-5-7(13)3-4-9(8)14/h3-6,10H,15H2,1-2H3. The number of aromatic nitrogens is 2. The maximum Gasteiger partial charge on any atom is 0.0832 e. The molecule has 1 heterocycles. The minimum Gasteiger partial charge on any atom is -0.319 e. The molecule has 0 amide bonds. The summed E-state index contributed by atoms with van der Waals surface area (Å²) in [6, 6.07) is 4.95. The van der Waals surface area contributed by atoms with Crippen molar-refractivity contribution in [3.05, 3.63) is 44.4 Å². The molecule has 0 radical (unpaired) electrons. The summed E-state index contributed by atoms with van der Waals surface area (Å²) in [5, 5.41) is 5.35. The van der Waals surface area contributed by atoms with Crippen molar-refractivity contribution in [1.82, 2.24) is 9.59 Å². The van der Waals surface area contributed by atoms with Gasteiger partial charge in [-0.3, -0.25) is 0 Å². The SMILES string of the molecule is CC(C)c1nnsc1C(N)c1cc(Cl)ccc1Cl. The number of rotatable bonds is 3. The lowest BCUT2D eigenvalue weighted by molar-refractivity contribution is 0.771. The van der Waals surface area contributed by atoms with Gasteiger partial charge in [0.25, 0.3) is 0 Å². The lowest BCUT2D eigenvalue weighted by Crippen LogP contribution is -2.13. The summed E-state index contributed by atoms with van der Waals surface area (Å²) >= 11 is 13.5. The van der Waals surface area contributed by atoms with Gasteiger partial charge in [-0.25, -0.2) is 0 Å². The topological polar surface area (TPSA) is 51.8 Å². The highest BCUT2D eigenvalue weighted by Crippen LogP contribution is 2.33. The van der Waals surface area contributed by atoms with Crippen molar-refractivity contribution < 1.29 is 0 Å². The molecule has 1 unspecified atom stereocenters. The fourth-order valence-electron chi connectivity index (χ4n) is 1.71. The molecule has 2 rings (SSSR count). The van der Waals surface area contributed by atoms with Crippen LogP contribution in [0, 0.1) is 0 Å². The Kier molecular flexibility index (Phi) is 4.22. The third kappa shape index (κ3) is 2.67. The largest absolute Gasteiger partial charge is 0.319 e. The van der Waals surface area contributed by atoms with Crippen LogP contribution in [0.3, 0.4) is 0 Å². The Labute approximate surface area is 120 Å². The van der Waals surface area contributed by atoms with Gasteiger partial charge < -0.3 is 5.73 Å². The van der Waals surface area contributed by atoms with E-state index in [0.717, 1.165) is 16.1 Å². The van der Waals surface area contributed by atoms with Crippen molar-refractivity contribution in [2.45, 2.75) is 25.8 Å². The van der Waals surface area contributed by atoms with E-state index in [1.165, 1.54) is 11.5 Å². The fourth-order valence-corrected chi connectivity index (χ4v) is 2.96. The molecule has 1 atom stereocenters. The Morgan fingerprint density at radius 1 is 1.28 bits per heavy atom. The van der Waals surface area contributed by atoms with Crippen molar-refractivity contribution in [2.75, 3.05) is 0 Å². The quantitative estimate of drug-likeness (QED) is 0.931. The van der Waals surface area contributed by atoms with E-state index >= 15 is 0 Å². The average Bonchev–Trinajstić information content (AvgIpc) is 2.80. The highest BCUT2D eigenvalue weighted by atomic mass is 35.5. The molecule has 0 aliphatic carbocycles. The second-order valence-corrected chi connectivity index (χ2v) is 5.95. The van der Waals surface area contributed by atoms with Crippen LogP contribution in [0.4, 0.5) is 0 Å². The second kappa shape index (κ2) is 5.53. The molecular formula is C12H13Cl2N3S. The molecule has 3 nitrogen and oxygen atoms in total. The van der Waals surface area contributed by atoms with Gasteiger partial charge in [0.15, 0.2) is 0 Å². The van der Waals surface area contributed by atoms with Crippen molar-refractivity contribution >= 4 is 34.7 Å². The van der Waals surface area contributed by atoms with Crippen LogP contribution >= 0.6 is 34.7 Å². The van der Waals surface area contributed by atoms with E-state index in [2.05, 4.69) is 23.4 Å². The van der Waals surface area contributed by atoms with Crippen LogP contribution in [0.5, 0.6) is 0 Å². The monoisotopic (exact) mass is 301 g/mol. The summed E-state index contributed by atoms with van der Waals surface area (Å²) in [7, 11) is 0. The second-order valence-electron chi connectivity index (χ2n) is 4.32. The first-order valence-corrected chi connectivity index (χ1v) is 7.06. The van der Waals surface area contributed by atoms with Crippen LogP contribution in [0.1, 0.15) is 41.9 Å². The molecule has 1 aromatic carbocycles. The zero-order chi connectivity index (χ0) is 13.3. The molecule has 96 valence electrons. The van der Waals surface area contributed by atoms with E-state index in [0.29, 0.717) is 10.0 Å². The van der Waals surface area contributed by atoms with E-state index < -0.39 is 0 Å². The Hall–Kier alpha value is -0.680. The van der Waals surface area contributed by atoms with Crippen LogP contribution in [-0.2, 0) is 0 Å². The number of nitrogens with zero attached hydrogens (tertiary/aromatic N) is 2. The highest BCUT2D eigenvalue weighted by Gasteiger charge is 2.21. The van der Waals surface area contributed by atoms with Crippen LogP contribution in [0.25, 0.3) is 0 Å². The fraction of sp³-hybridized carbons (Fsp3) is 0.333. The molecule has 2 N–H and O–H groups in total. The zero-order valence-electron chi connectivity index (χ0n) is 10.0. The zero-order valence-corrected chi connectivity index (χ0v) is 12.4. The van der Waals surface area contributed by atoms with E-state index in [4.69, 9.17) is 28.9 Å². The maximum absolute atomic E-state index is 6.26. The van der Waals surface area contributed by atoms with Gasteiger partial charge in [0, 0.05) is 10.0 Å². The van der Waals surface area contributed by atoms with Gasteiger partial charge >= 0.3 is 0 Å². The predicted molar refractivity (Wildman–Crippen MR) is 76.5 cm³/mol. The maximum atomic E-state index is 6.26. The Morgan fingerprint density at radius 2 is 2.00 bits per heavy atom. The molecule has 1 aromatic heterocycles. The van der Waals surface area contributed by atoms with Crippen LogP contribution in [-0.4, -0.2) is 9.59 Å². The van der Waals surface area contributed by atoms with Gasteiger partial charge in [-0.1, -0.05) is 41.5 Å². The summed E-state index contributed by atoms with van der Waals surface area (Å²) in [6.07, 6.45) is 0. The highest BCUT2D eigenvalue weighted by molar-refractivity contribution is 7.05. The van der Waals surface area contributed by atoms with Gasteiger partial charge in [0.2, 0.25) is 0 Å². The summed E-state index contributed by atoms with van der Waals surface area (Å²) in [6.45, 7) is 4.12. The molecule has 0 aliphatic heterocycles. The Balaban J connectivity index is 2.44. The first-order chi connectivity index (χ1) is 8.50. The molecule has 0 saturated carbocycles. The van der Waals surface area contributed by atoms with E-state index in [1.807, 2.05) is 0 Å². The van der Waals surface area contributed by atoms with E-state index in [-0.39, 0.29) is 12.0 Å². The Bertz CT molecular complexity index is 554. The minimum atomic E-state index is -0.339. The molecule has 6 heteroatoms. The van der Waals surface area contributed by atoms with Crippen LogP contribution in [0.15, 0.2) is 18.2 Å². The van der Waals surface area contributed by atoms with E-state index in [1.54, 1.807) is 18.2 Å². The number of halogens is 2. The molecule has 0 fully saturated rings. The number of nitrogens with two attached hydrogens (primary N) is 1. The minimum absolute atomic E-state index is 0.280. The molecule has 0 saturated heterocycles. The average molecular weight is 302 g/mol. The van der Waals surface area contributed by atoms with Crippen LogP contribution < -0.4 is 5.73 Å². The van der Waals surface area contributed by atoms with Crippen molar-refractivity contribution in [3.8, 4) is 0 Å². The normalized spacial score (nSPS) is 13.0. The van der Waals surface area contributed by atoms with Crippen molar-refractivity contribution in [1.29, 1.82) is 0 Å². The number of hydrogen-bond acceptors (Lipinski definition) is 4. The molecule has 2 aromatic rings. The van der Waals surface area contributed by atoms with Crippen molar-refractivity contribution in [3.63, 3.8) is 0 Å². The third-order valence-corrected chi connectivity index (χ3v) is 4.07. The molecular weight excluding hydrogens is 289 g/mol. The smallest absolute Gasteiger partial charge is 0.0832 e. The summed E-state index contributed by atoms with van der Waals surface area (Å²) in [4.78, 5) is 0.939. The van der Waals surface area contributed by atoms with Gasteiger partial charge in [-0.2, -0.15) is 0 Å². The van der Waals surface area contributed by atoms with Crippen molar-refractivity contribution in [2.24, 2.45) is 5.73 Å². The number of benzene rings is 1. The molecule has 18 heavy (non-hydrogen) atoms. The number of hydrogen-bond donors (Lipinski definition) is 1. The molecule has 0 aliphatic rings. The first kappa shape index (κ1) is 13.7. The van der Waals surface area contributed by atoms with E-state index in [9.17, 15) is 0 Å². The van der Waals surface area contributed by atoms with Gasteiger partial charge in [-0.15, -0.1) is 5.10 Å². The summed E-state index contributed by atoms with van der Waals surface area (Å²) < 4.78 is 3.98. The van der Waals surface area contributed by atoms with Gasteiger partial charge in [0.1, 0.15) is 0 Å². The summed E-state index contributed by atoms with van der Waals surface area (Å²) in [5.74, 6) is 0.280. The molecule has 0 bridgehead atoms. The third-order valence-electron chi connectivity index (χ3n) is 2.66. The summed E-state index contributed by atoms with van der Waals surface area (Å²) in [5.41, 5.74) is 7.98. The molecule has 0 spiro atoms.